The molecule has 52 heavy (non-hydrogen) atoms. The van der Waals surface area contributed by atoms with Crippen molar-refractivity contribution in [2.24, 2.45) is 29.6 Å². The van der Waals surface area contributed by atoms with Gasteiger partial charge < -0.3 is 24.4 Å². The number of carboxylic acids is 2. The minimum absolute atomic E-state index is 0.0153. The molecule has 0 fully saturated rings. The van der Waals surface area contributed by atoms with Gasteiger partial charge in [-0.1, -0.05) is 77.4 Å². The largest absolute Gasteiger partial charge is 0.481 e. The van der Waals surface area contributed by atoms with Crippen molar-refractivity contribution in [2.75, 3.05) is 19.8 Å². The van der Waals surface area contributed by atoms with Crippen molar-refractivity contribution in [3.8, 4) is 0 Å². The highest BCUT2D eigenvalue weighted by Crippen LogP contribution is 2.42. The van der Waals surface area contributed by atoms with Crippen LogP contribution < -0.4 is 0 Å². The highest BCUT2D eigenvalue weighted by atomic mass is 16.5. The third kappa shape index (κ3) is 15.5. The molecule has 10 heteroatoms. The molecule has 300 valence electrons. The molecule has 0 aromatic heterocycles. The lowest BCUT2D eigenvalue weighted by atomic mass is 9.65. The average Bonchev–Trinajstić information content (AvgIpc) is 3.07. The summed E-state index contributed by atoms with van der Waals surface area (Å²) in [5, 5.41) is 20.0. The molecule has 0 saturated carbocycles. The monoisotopic (exact) mass is 737 g/mol. The summed E-state index contributed by atoms with van der Waals surface area (Å²) in [5.74, 6) is -6.35. The SMILES string of the molecule is CCCCCCOC(C)(C)C(=O)C1CC(C(CC(=O)O)C(=O)C(C)(C)OCCCCCC(=O)C(C)(C)OCC(CC)CCCC)C=C(C)C1C(=O)O. The molecule has 0 amide bonds. The fourth-order valence-corrected chi connectivity index (χ4v) is 7.18. The van der Waals surface area contributed by atoms with Gasteiger partial charge in [0.1, 0.15) is 16.8 Å². The van der Waals surface area contributed by atoms with Gasteiger partial charge in [-0.15, -0.1) is 0 Å². The summed E-state index contributed by atoms with van der Waals surface area (Å²) >= 11 is 0. The number of hydrogen-bond donors (Lipinski definition) is 2. The topological polar surface area (TPSA) is 154 Å². The van der Waals surface area contributed by atoms with E-state index in [1.165, 1.54) is 0 Å². The van der Waals surface area contributed by atoms with Crippen molar-refractivity contribution in [1.82, 2.24) is 0 Å². The zero-order valence-electron chi connectivity index (χ0n) is 34.1. The lowest BCUT2D eigenvalue weighted by Gasteiger charge is -2.39. The van der Waals surface area contributed by atoms with Gasteiger partial charge in [0.2, 0.25) is 0 Å². The van der Waals surface area contributed by atoms with E-state index in [4.69, 9.17) is 14.2 Å². The van der Waals surface area contributed by atoms with E-state index in [1.54, 1.807) is 40.7 Å². The molecular weight excluding hydrogens is 664 g/mol. The number of hydrogen-bond acceptors (Lipinski definition) is 8. The van der Waals surface area contributed by atoms with E-state index in [0.717, 1.165) is 51.4 Å². The first-order chi connectivity index (χ1) is 24.2. The lowest BCUT2D eigenvalue weighted by molar-refractivity contribution is -0.156. The van der Waals surface area contributed by atoms with Crippen molar-refractivity contribution in [3.05, 3.63) is 11.6 Å². The van der Waals surface area contributed by atoms with Gasteiger partial charge in [0.25, 0.3) is 0 Å². The highest BCUT2D eigenvalue weighted by molar-refractivity contribution is 5.94. The van der Waals surface area contributed by atoms with Gasteiger partial charge >= 0.3 is 11.9 Å². The molecule has 0 bridgehead atoms. The van der Waals surface area contributed by atoms with E-state index in [0.29, 0.717) is 50.4 Å². The van der Waals surface area contributed by atoms with Crippen LogP contribution in [0.25, 0.3) is 0 Å². The van der Waals surface area contributed by atoms with Gasteiger partial charge in [-0.05, 0) is 92.4 Å². The van der Waals surface area contributed by atoms with Crippen molar-refractivity contribution in [2.45, 2.75) is 176 Å². The van der Waals surface area contributed by atoms with Crippen LogP contribution >= 0.6 is 0 Å². The second-order valence-electron chi connectivity index (χ2n) is 16.4. The van der Waals surface area contributed by atoms with Crippen LogP contribution in [-0.2, 0) is 38.2 Å². The molecule has 0 heterocycles. The van der Waals surface area contributed by atoms with Crippen LogP contribution in [0.3, 0.4) is 0 Å². The van der Waals surface area contributed by atoms with Crippen molar-refractivity contribution >= 4 is 29.3 Å². The first kappa shape index (κ1) is 47.6. The first-order valence-electron chi connectivity index (χ1n) is 19.9. The lowest BCUT2D eigenvalue weighted by Crippen LogP contribution is -2.49. The maximum atomic E-state index is 14.0. The van der Waals surface area contributed by atoms with Gasteiger partial charge in [-0.25, -0.2) is 0 Å². The standard InChI is InChI=1S/C42H72O10/c1-11-14-16-19-23-51-42(9,10)38(47)33-26-31(25-29(4)36(33)39(48)49)32(27-35(44)45)37(46)41(7,8)50-24-20-17-18-22-34(43)40(5,6)52-28-30(13-3)21-15-12-2/h25,30-33,36H,11-24,26-28H2,1-10H3,(H,44,45)(H,48,49). The van der Waals surface area contributed by atoms with E-state index < -0.39 is 64.6 Å². The fourth-order valence-electron chi connectivity index (χ4n) is 7.18. The van der Waals surface area contributed by atoms with Crippen molar-refractivity contribution in [1.29, 1.82) is 0 Å². The Kier molecular flexibility index (Phi) is 20.8. The molecule has 0 radical (unpaired) electrons. The number of Topliss-reactive ketones (excluding diaryl/α,β-unsaturated/α-hetero) is 3. The highest BCUT2D eigenvalue weighted by Gasteiger charge is 2.48. The Morgan fingerprint density at radius 3 is 1.88 bits per heavy atom. The minimum atomic E-state index is -1.33. The second kappa shape index (κ2) is 22.7. The molecule has 1 aliphatic carbocycles. The number of aliphatic carboxylic acids is 2. The van der Waals surface area contributed by atoms with Gasteiger partial charge in [-0.2, -0.15) is 0 Å². The third-order valence-electron chi connectivity index (χ3n) is 10.8. The molecular formula is C42H72O10. The summed E-state index contributed by atoms with van der Waals surface area (Å²) in [6, 6.07) is 0. The summed E-state index contributed by atoms with van der Waals surface area (Å²) in [7, 11) is 0. The molecule has 1 rings (SSSR count). The van der Waals surface area contributed by atoms with Gasteiger partial charge in [0, 0.05) is 31.5 Å². The van der Waals surface area contributed by atoms with Crippen LogP contribution in [0.5, 0.6) is 0 Å². The number of allylic oxidation sites excluding steroid dienone is 1. The summed E-state index contributed by atoms with van der Waals surface area (Å²) in [5.41, 5.74) is -3.00. The normalized spacial score (nSPS) is 19.5. The zero-order valence-corrected chi connectivity index (χ0v) is 34.1. The predicted molar refractivity (Wildman–Crippen MR) is 203 cm³/mol. The number of carbonyl (C=O) groups excluding carboxylic acids is 3. The number of ketones is 3. The summed E-state index contributed by atoms with van der Waals surface area (Å²) < 4.78 is 18.1. The van der Waals surface area contributed by atoms with Gasteiger partial charge in [-0.3, -0.25) is 24.0 Å². The number of unbranched alkanes of at least 4 members (excludes halogenated alkanes) is 6. The molecule has 0 aromatic carbocycles. The molecule has 5 unspecified atom stereocenters. The molecule has 0 spiro atoms. The molecule has 2 N–H and O–H groups in total. The smallest absolute Gasteiger partial charge is 0.311 e. The van der Waals surface area contributed by atoms with Crippen molar-refractivity contribution in [3.63, 3.8) is 0 Å². The van der Waals surface area contributed by atoms with Crippen LogP contribution in [0, 0.1) is 29.6 Å². The molecule has 0 saturated heterocycles. The third-order valence-corrected chi connectivity index (χ3v) is 10.8. The van der Waals surface area contributed by atoms with E-state index in [2.05, 4.69) is 20.8 Å². The number of carbonyl (C=O) groups is 5. The Morgan fingerprint density at radius 2 is 1.35 bits per heavy atom. The quantitative estimate of drug-likeness (QED) is 0.0563. The number of ether oxygens (including phenoxy) is 3. The van der Waals surface area contributed by atoms with E-state index in [-0.39, 0.29) is 24.6 Å². The predicted octanol–water partition coefficient (Wildman–Crippen LogP) is 8.81. The van der Waals surface area contributed by atoms with Crippen molar-refractivity contribution < 1.29 is 48.4 Å². The van der Waals surface area contributed by atoms with Crippen LogP contribution in [0.4, 0.5) is 0 Å². The molecule has 1 aliphatic rings. The van der Waals surface area contributed by atoms with Gasteiger partial charge in [0.05, 0.1) is 18.9 Å². The average molecular weight is 737 g/mol. The Balaban J connectivity index is 2.92. The minimum Gasteiger partial charge on any atom is -0.481 e. The van der Waals surface area contributed by atoms with Crippen LogP contribution in [-0.4, -0.2) is 76.1 Å². The van der Waals surface area contributed by atoms with E-state index >= 15 is 0 Å². The maximum Gasteiger partial charge on any atom is 0.311 e. The maximum absolute atomic E-state index is 14.0. The molecule has 10 nitrogen and oxygen atoms in total. The molecule has 5 atom stereocenters. The number of rotatable bonds is 29. The Labute approximate surface area is 314 Å². The van der Waals surface area contributed by atoms with Crippen LogP contribution in [0.15, 0.2) is 11.6 Å². The van der Waals surface area contributed by atoms with E-state index in [9.17, 15) is 34.2 Å². The summed E-state index contributed by atoms with van der Waals surface area (Å²) in [6.07, 6.45) is 11.8. The van der Waals surface area contributed by atoms with E-state index in [1.807, 2.05) is 13.8 Å². The Morgan fingerprint density at radius 1 is 0.769 bits per heavy atom. The molecule has 0 aliphatic heterocycles. The first-order valence-corrected chi connectivity index (χ1v) is 19.9. The summed E-state index contributed by atoms with van der Waals surface area (Å²) in [6.45, 7) is 19.4. The second-order valence-corrected chi connectivity index (χ2v) is 16.4. The van der Waals surface area contributed by atoms with Gasteiger partial charge in [0.15, 0.2) is 17.3 Å². The zero-order chi connectivity index (χ0) is 39.7. The van der Waals surface area contributed by atoms with Crippen LogP contribution in [0.1, 0.15) is 159 Å². The number of carboxylic acid groups (broad SMARTS) is 2. The fraction of sp³-hybridized carbons (Fsp3) is 0.833. The summed E-state index contributed by atoms with van der Waals surface area (Å²) in [4.78, 5) is 65.4. The Hall–Kier alpha value is -2.43. The molecule has 0 aromatic rings. The Bertz CT molecular complexity index is 1180. The van der Waals surface area contributed by atoms with Crippen LogP contribution in [0.2, 0.25) is 0 Å².